The SMILES string of the molecule is C[C@H](Oc1ccccc1)C(=O)OC[C@@H]1OCO[C@H]1COC(=O)[C@H](C)Oc1ccccc1. The van der Waals surface area contributed by atoms with Crippen molar-refractivity contribution in [3.8, 4) is 11.5 Å². The normalized spacial score (nSPS) is 19.8. The third-order valence-corrected chi connectivity index (χ3v) is 4.53. The fraction of sp³-hybridized carbons (Fsp3) is 0.391. The molecule has 0 N–H and O–H groups in total. The summed E-state index contributed by atoms with van der Waals surface area (Å²) in [7, 11) is 0. The Bertz CT molecular complexity index is 756. The minimum absolute atomic E-state index is 0.0244. The standard InChI is InChI=1S/C23H26O8/c1-16(30-18-9-5-3-6-10-18)22(24)26-13-20-21(29-15-28-20)14-27-23(25)17(2)31-19-11-7-4-8-12-19/h3-12,16-17,20-21H,13-15H2,1-2H3/t16-,17-,20-,21-/m0/s1. The van der Waals surface area contributed by atoms with Crippen LogP contribution >= 0.6 is 0 Å². The maximum atomic E-state index is 12.2. The van der Waals surface area contributed by atoms with Gasteiger partial charge in [-0.3, -0.25) is 0 Å². The number of carbonyl (C=O) groups excluding carboxylic acids is 2. The van der Waals surface area contributed by atoms with Crippen molar-refractivity contribution in [2.75, 3.05) is 20.0 Å². The summed E-state index contributed by atoms with van der Waals surface area (Å²) in [5.74, 6) is 0.0908. The van der Waals surface area contributed by atoms with Crippen molar-refractivity contribution in [1.82, 2.24) is 0 Å². The van der Waals surface area contributed by atoms with Crippen LogP contribution in [0.25, 0.3) is 0 Å². The number of para-hydroxylation sites is 2. The van der Waals surface area contributed by atoms with Crippen molar-refractivity contribution in [3.63, 3.8) is 0 Å². The maximum Gasteiger partial charge on any atom is 0.347 e. The Morgan fingerprint density at radius 2 is 1.16 bits per heavy atom. The van der Waals surface area contributed by atoms with E-state index < -0.39 is 36.4 Å². The molecule has 1 aliphatic heterocycles. The quantitative estimate of drug-likeness (QED) is 0.532. The summed E-state index contributed by atoms with van der Waals surface area (Å²) >= 11 is 0. The Morgan fingerprint density at radius 1 is 0.774 bits per heavy atom. The van der Waals surface area contributed by atoms with E-state index in [-0.39, 0.29) is 20.0 Å². The van der Waals surface area contributed by atoms with Crippen LogP contribution < -0.4 is 9.47 Å². The van der Waals surface area contributed by atoms with E-state index in [4.69, 9.17) is 28.4 Å². The van der Waals surface area contributed by atoms with Gasteiger partial charge in [-0.25, -0.2) is 9.59 Å². The van der Waals surface area contributed by atoms with E-state index in [1.54, 1.807) is 38.1 Å². The average molecular weight is 430 g/mol. The molecule has 0 radical (unpaired) electrons. The number of ether oxygens (including phenoxy) is 6. The van der Waals surface area contributed by atoms with Crippen LogP contribution in [0.1, 0.15) is 13.8 Å². The first-order chi connectivity index (χ1) is 15.0. The van der Waals surface area contributed by atoms with Gasteiger partial charge in [0.25, 0.3) is 0 Å². The predicted octanol–water partition coefficient (Wildman–Crippen LogP) is 2.75. The van der Waals surface area contributed by atoms with Crippen LogP contribution in [0.15, 0.2) is 60.7 Å². The minimum Gasteiger partial charge on any atom is -0.479 e. The topological polar surface area (TPSA) is 89.5 Å². The maximum absolute atomic E-state index is 12.2. The lowest BCUT2D eigenvalue weighted by atomic mass is 10.2. The highest BCUT2D eigenvalue weighted by Gasteiger charge is 2.33. The Hall–Kier alpha value is -3.10. The lowest BCUT2D eigenvalue weighted by molar-refractivity contribution is -0.158. The molecule has 0 spiro atoms. The first-order valence-electron chi connectivity index (χ1n) is 10.0. The van der Waals surface area contributed by atoms with E-state index in [0.717, 1.165) is 0 Å². The number of hydrogen-bond acceptors (Lipinski definition) is 8. The van der Waals surface area contributed by atoms with Crippen LogP contribution in [0, 0.1) is 0 Å². The van der Waals surface area contributed by atoms with Gasteiger partial charge >= 0.3 is 11.9 Å². The Kier molecular flexibility index (Phi) is 8.26. The van der Waals surface area contributed by atoms with Crippen LogP contribution in [0.5, 0.6) is 11.5 Å². The molecule has 0 aliphatic carbocycles. The van der Waals surface area contributed by atoms with E-state index in [1.807, 2.05) is 36.4 Å². The molecular weight excluding hydrogens is 404 g/mol. The van der Waals surface area contributed by atoms with Gasteiger partial charge in [-0.2, -0.15) is 0 Å². The summed E-state index contributed by atoms with van der Waals surface area (Å²) in [6.07, 6.45) is -2.66. The molecule has 4 atom stereocenters. The van der Waals surface area contributed by atoms with Crippen molar-refractivity contribution < 1.29 is 38.0 Å². The zero-order chi connectivity index (χ0) is 22.1. The fourth-order valence-electron chi connectivity index (χ4n) is 2.81. The molecule has 1 heterocycles. The molecule has 8 heteroatoms. The van der Waals surface area contributed by atoms with Gasteiger partial charge in [-0.15, -0.1) is 0 Å². The molecule has 166 valence electrons. The van der Waals surface area contributed by atoms with Gasteiger partial charge in [-0.1, -0.05) is 36.4 Å². The van der Waals surface area contributed by atoms with E-state index in [2.05, 4.69) is 0 Å². The fourth-order valence-corrected chi connectivity index (χ4v) is 2.81. The molecule has 1 aliphatic rings. The smallest absolute Gasteiger partial charge is 0.347 e. The van der Waals surface area contributed by atoms with Crippen LogP contribution in [0.2, 0.25) is 0 Å². The Labute approximate surface area is 181 Å². The second-order valence-corrected chi connectivity index (χ2v) is 6.93. The predicted molar refractivity (Wildman–Crippen MR) is 110 cm³/mol. The number of hydrogen-bond donors (Lipinski definition) is 0. The molecule has 3 rings (SSSR count). The molecular formula is C23H26O8. The number of esters is 2. The lowest BCUT2D eigenvalue weighted by Gasteiger charge is -2.20. The summed E-state index contributed by atoms with van der Waals surface area (Å²) in [6, 6.07) is 18.0. The van der Waals surface area contributed by atoms with E-state index in [9.17, 15) is 9.59 Å². The third kappa shape index (κ3) is 6.97. The molecule has 1 fully saturated rings. The zero-order valence-corrected chi connectivity index (χ0v) is 17.5. The summed E-state index contributed by atoms with van der Waals surface area (Å²) in [6.45, 7) is 3.15. The summed E-state index contributed by atoms with van der Waals surface area (Å²) in [4.78, 5) is 24.4. The van der Waals surface area contributed by atoms with Crippen LogP contribution in [0.4, 0.5) is 0 Å². The number of rotatable bonds is 10. The molecule has 31 heavy (non-hydrogen) atoms. The van der Waals surface area contributed by atoms with Gasteiger partial charge in [0, 0.05) is 0 Å². The average Bonchev–Trinajstić information content (AvgIpc) is 3.24. The van der Waals surface area contributed by atoms with Crippen molar-refractivity contribution in [3.05, 3.63) is 60.7 Å². The highest BCUT2D eigenvalue weighted by Crippen LogP contribution is 2.17. The molecule has 0 bridgehead atoms. The van der Waals surface area contributed by atoms with E-state index >= 15 is 0 Å². The van der Waals surface area contributed by atoms with Crippen molar-refractivity contribution >= 4 is 11.9 Å². The minimum atomic E-state index is -0.781. The first kappa shape index (κ1) is 22.6. The van der Waals surface area contributed by atoms with Gasteiger partial charge in [0.15, 0.2) is 12.2 Å². The van der Waals surface area contributed by atoms with Crippen LogP contribution in [0.3, 0.4) is 0 Å². The summed E-state index contributed by atoms with van der Waals surface area (Å²) < 4.78 is 32.5. The van der Waals surface area contributed by atoms with Crippen LogP contribution in [-0.2, 0) is 28.5 Å². The lowest BCUT2D eigenvalue weighted by Crippen LogP contribution is -2.37. The summed E-state index contributed by atoms with van der Waals surface area (Å²) in [5, 5.41) is 0. The van der Waals surface area contributed by atoms with Gasteiger partial charge in [0.1, 0.15) is 43.7 Å². The van der Waals surface area contributed by atoms with E-state index in [1.165, 1.54) is 0 Å². The molecule has 0 saturated carbocycles. The second-order valence-electron chi connectivity index (χ2n) is 6.93. The monoisotopic (exact) mass is 430 g/mol. The second kappa shape index (κ2) is 11.3. The largest absolute Gasteiger partial charge is 0.479 e. The van der Waals surface area contributed by atoms with E-state index in [0.29, 0.717) is 11.5 Å². The molecule has 8 nitrogen and oxygen atoms in total. The molecule has 0 aromatic heterocycles. The molecule has 1 saturated heterocycles. The summed E-state index contributed by atoms with van der Waals surface area (Å²) in [5.41, 5.74) is 0. The Morgan fingerprint density at radius 3 is 1.55 bits per heavy atom. The molecule has 0 unspecified atom stereocenters. The van der Waals surface area contributed by atoms with Gasteiger partial charge < -0.3 is 28.4 Å². The van der Waals surface area contributed by atoms with Crippen molar-refractivity contribution in [2.24, 2.45) is 0 Å². The molecule has 0 amide bonds. The molecule has 2 aromatic rings. The third-order valence-electron chi connectivity index (χ3n) is 4.53. The number of carbonyl (C=O) groups is 2. The highest BCUT2D eigenvalue weighted by molar-refractivity contribution is 5.75. The van der Waals surface area contributed by atoms with Gasteiger partial charge in [0.05, 0.1) is 0 Å². The van der Waals surface area contributed by atoms with Crippen LogP contribution in [-0.4, -0.2) is 56.4 Å². The van der Waals surface area contributed by atoms with Gasteiger partial charge in [-0.05, 0) is 38.1 Å². The van der Waals surface area contributed by atoms with Crippen molar-refractivity contribution in [2.45, 2.75) is 38.3 Å². The first-order valence-corrected chi connectivity index (χ1v) is 10.0. The zero-order valence-electron chi connectivity index (χ0n) is 17.5. The highest BCUT2D eigenvalue weighted by atomic mass is 16.7. The Balaban J connectivity index is 1.40. The van der Waals surface area contributed by atoms with Crippen molar-refractivity contribution in [1.29, 1.82) is 0 Å². The van der Waals surface area contributed by atoms with Gasteiger partial charge in [0.2, 0.25) is 0 Å². The number of benzene rings is 2. The molecule has 2 aromatic carbocycles.